The maximum atomic E-state index is 11.1. The molecule has 1 fully saturated rings. The van der Waals surface area contributed by atoms with Gasteiger partial charge in [-0.15, -0.1) is 0 Å². The van der Waals surface area contributed by atoms with E-state index in [1.807, 2.05) is 13.0 Å². The molecular formula is C14H18N4O2. The van der Waals surface area contributed by atoms with Crippen molar-refractivity contribution in [2.45, 2.75) is 45.1 Å². The Kier molecular flexibility index (Phi) is 4.51. The second kappa shape index (κ2) is 6.33. The summed E-state index contributed by atoms with van der Waals surface area (Å²) in [6, 6.07) is 3.29. The first-order chi connectivity index (χ1) is 9.61. The molecule has 1 aromatic rings. The van der Waals surface area contributed by atoms with Gasteiger partial charge in [-0.2, -0.15) is 5.26 Å². The van der Waals surface area contributed by atoms with Crippen LogP contribution >= 0.6 is 0 Å². The molecule has 1 aliphatic rings. The molecule has 1 atom stereocenters. The zero-order valence-corrected chi connectivity index (χ0v) is 11.5. The average Bonchev–Trinajstić information content (AvgIpc) is 2.48. The minimum atomic E-state index is -0.496. The fraction of sp³-hybridized carbons (Fsp3) is 0.571. The van der Waals surface area contributed by atoms with E-state index in [0.29, 0.717) is 5.92 Å². The standard InChI is InChI=1S/C14H18N4O2/c1-10(12-5-3-2-4-6-12)17-14-13(18(19)20)7-11(8-15)9-16-14/h7,9-10,12H,2-6H2,1H3,(H,16,17). The molecule has 2 rings (SSSR count). The first kappa shape index (κ1) is 14.3. The van der Waals surface area contributed by atoms with Gasteiger partial charge in [-0.3, -0.25) is 10.1 Å². The minimum Gasteiger partial charge on any atom is -0.362 e. The molecule has 6 nitrogen and oxygen atoms in total. The molecule has 1 aliphatic carbocycles. The average molecular weight is 274 g/mol. The lowest BCUT2D eigenvalue weighted by molar-refractivity contribution is -0.384. The van der Waals surface area contributed by atoms with Gasteiger partial charge in [0.05, 0.1) is 10.5 Å². The first-order valence-electron chi connectivity index (χ1n) is 6.93. The topological polar surface area (TPSA) is 91.8 Å². The number of anilines is 1. The van der Waals surface area contributed by atoms with Gasteiger partial charge < -0.3 is 5.32 Å². The van der Waals surface area contributed by atoms with E-state index in [0.717, 1.165) is 12.8 Å². The Morgan fingerprint density at radius 1 is 1.50 bits per heavy atom. The lowest BCUT2D eigenvalue weighted by atomic mass is 9.84. The van der Waals surface area contributed by atoms with E-state index in [1.54, 1.807) is 0 Å². The molecule has 0 spiro atoms. The summed E-state index contributed by atoms with van der Waals surface area (Å²) >= 11 is 0. The summed E-state index contributed by atoms with van der Waals surface area (Å²) in [7, 11) is 0. The van der Waals surface area contributed by atoms with Crippen LogP contribution in [0.25, 0.3) is 0 Å². The number of nitrogens with one attached hydrogen (secondary N) is 1. The summed E-state index contributed by atoms with van der Waals surface area (Å²) in [4.78, 5) is 14.6. The van der Waals surface area contributed by atoms with Crippen LogP contribution in [-0.4, -0.2) is 15.9 Å². The smallest absolute Gasteiger partial charge is 0.312 e. The minimum absolute atomic E-state index is 0.133. The Bertz CT molecular complexity index is 532. The molecule has 0 aliphatic heterocycles. The van der Waals surface area contributed by atoms with Gasteiger partial charge in [0.25, 0.3) is 0 Å². The van der Waals surface area contributed by atoms with Crippen LogP contribution in [0.1, 0.15) is 44.6 Å². The molecule has 0 amide bonds. The third-order valence-electron chi connectivity index (χ3n) is 3.91. The molecule has 1 heterocycles. The van der Waals surface area contributed by atoms with Gasteiger partial charge >= 0.3 is 5.69 Å². The number of hydrogen-bond acceptors (Lipinski definition) is 5. The van der Waals surface area contributed by atoms with Crippen molar-refractivity contribution >= 4 is 11.5 Å². The van der Waals surface area contributed by atoms with Crippen molar-refractivity contribution in [2.24, 2.45) is 5.92 Å². The highest BCUT2D eigenvalue weighted by atomic mass is 16.6. The SMILES string of the molecule is CC(Nc1ncc(C#N)cc1[N+](=O)[O-])C1CCCCC1. The van der Waals surface area contributed by atoms with Crippen LogP contribution in [0.4, 0.5) is 11.5 Å². The summed E-state index contributed by atoms with van der Waals surface area (Å²) in [6.07, 6.45) is 7.39. The van der Waals surface area contributed by atoms with Crippen LogP contribution in [0.5, 0.6) is 0 Å². The first-order valence-corrected chi connectivity index (χ1v) is 6.93. The van der Waals surface area contributed by atoms with E-state index in [1.165, 1.54) is 31.5 Å². The van der Waals surface area contributed by atoms with Gasteiger partial charge in [0, 0.05) is 18.3 Å². The molecule has 20 heavy (non-hydrogen) atoms. The van der Waals surface area contributed by atoms with Gasteiger partial charge in [-0.1, -0.05) is 19.3 Å². The molecule has 1 unspecified atom stereocenters. The second-order valence-corrected chi connectivity index (χ2v) is 5.29. The third-order valence-corrected chi connectivity index (χ3v) is 3.91. The quantitative estimate of drug-likeness (QED) is 0.672. The lowest BCUT2D eigenvalue weighted by Gasteiger charge is -2.28. The van der Waals surface area contributed by atoms with Crippen molar-refractivity contribution in [2.75, 3.05) is 5.32 Å². The van der Waals surface area contributed by atoms with E-state index in [4.69, 9.17) is 5.26 Å². The van der Waals surface area contributed by atoms with Crippen LogP contribution in [0, 0.1) is 27.4 Å². The molecule has 1 N–H and O–H groups in total. The van der Waals surface area contributed by atoms with E-state index < -0.39 is 4.92 Å². The van der Waals surface area contributed by atoms with Crippen LogP contribution in [0.15, 0.2) is 12.3 Å². The van der Waals surface area contributed by atoms with E-state index >= 15 is 0 Å². The predicted molar refractivity (Wildman–Crippen MR) is 75.3 cm³/mol. The maximum Gasteiger partial charge on any atom is 0.312 e. The third kappa shape index (κ3) is 3.23. The second-order valence-electron chi connectivity index (χ2n) is 5.29. The van der Waals surface area contributed by atoms with Crippen molar-refractivity contribution in [1.82, 2.24) is 4.98 Å². The Labute approximate surface area is 118 Å². The lowest BCUT2D eigenvalue weighted by Crippen LogP contribution is -2.28. The zero-order valence-electron chi connectivity index (χ0n) is 11.5. The highest BCUT2D eigenvalue weighted by Gasteiger charge is 2.23. The molecule has 0 bridgehead atoms. The van der Waals surface area contributed by atoms with Crippen LogP contribution in [0.2, 0.25) is 0 Å². The number of nitriles is 1. The summed E-state index contributed by atoms with van der Waals surface area (Å²) in [5, 5.41) is 23.0. The highest BCUT2D eigenvalue weighted by molar-refractivity contribution is 5.58. The van der Waals surface area contributed by atoms with Gasteiger partial charge in [0.2, 0.25) is 5.82 Å². The molecule has 1 saturated carbocycles. The molecular weight excluding hydrogens is 256 g/mol. The summed E-state index contributed by atoms with van der Waals surface area (Å²) < 4.78 is 0. The van der Waals surface area contributed by atoms with Crippen LogP contribution in [0.3, 0.4) is 0 Å². The number of nitrogens with zero attached hydrogens (tertiary/aromatic N) is 3. The zero-order chi connectivity index (χ0) is 14.5. The summed E-state index contributed by atoms with van der Waals surface area (Å²) in [5.41, 5.74) is 0.0688. The molecule has 0 aromatic carbocycles. The number of nitro groups is 1. The number of rotatable bonds is 4. The monoisotopic (exact) mass is 274 g/mol. The van der Waals surface area contributed by atoms with Gasteiger partial charge in [0.15, 0.2) is 0 Å². The van der Waals surface area contributed by atoms with Crippen molar-refractivity contribution < 1.29 is 4.92 Å². The molecule has 106 valence electrons. The van der Waals surface area contributed by atoms with Crippen molar-refractivity contribution in [1.29, 1.82) is 5.26 Å². The Balaban J connectivity index is 2.15. The van der Waals surface area contributed by atoms with Crippen molar-refractivity contribution in [3.05, 3.63) is 27.9 Å². The van der Waals surface area contributed by atoms with Crippen LogP contribution in [-0.2, 0) is 0 Å². The normalized spacial score (nSPS) is 17.2. The van der Waals surface area contributed by atoms with Crippen LogP contribution < -0.4 is 5.32 Å². The Morgan fingerprint density at radius 2 is 2.20 bits per heavy atom. The summed E-state index contributed by atoms with van der Waals surface area (Å²) in [5.74, 6) is 0.785. The fourth-order valence-corrected chi connectivity index (χ4v) is 2.73. The van der Waals surface area contributed by atoms with E-state index in [9.17, 15) is 10.1 Å². The maximum absolute atomic E-state index is 11.1. The van der Waals surface area contributed by atoms with Crippen molar-refractivity contribution in [3.63, 3.8) is 0 Å². The Morgan fingerprint density at radius 3 is 2.80 bits per heavy atom. The molecule has 0 saturated heterocycles. The van der Waals surface area contributed by atoms with Crippen molar-refractivity contribution in [3.8, 4) is 6.07 Å². The Hall–Kier alpha value is -2.16. The number of aromatic nitrogens is 1. The molecule has 6 heteroatoms. The number of pyridine rings is 1. The highest BCUT2D eigenvalue weighted by Crippen LogP contribution is 2.30. The fourth-order valence-electron chi connectivity index (χ4n) is 2.73. The molecule has 0 radical (unpaired) electrons. The van der Waals surface area contributed by atoms with Gasteiger partial charge in [0.1, 0.15) is 6.07 Å². The molecule has 1 aromatic heterocycles. The van der Waals surface area contributed by atoms with E-state index in [-0.39, 0.29) is 23.1 Å². The van der Waals surface area contributed by atoms with Gasteiger partial charge in [-0.25, -0.2) is 4.98 Å². The van der Waals surface area contributed by atoms with Gasteiger partial charge in [-0.05, 0) is 25.7 Å². The predicted octanol–water partition coefficient (Wildman–Crippen LogP) is 3.24. The largest absolute Gasteiger partial charge is 0.362 e. The van der Waals surface area contributed by atoms with E-state index in [2.05, 4.69) is 10.3 Å². The number of hydrogen-bond donors (Lipinski definition) is 1. The summed E-state index contributed by atoms with van der Waals surface area (Å²) in [6.45, 7) is 2.04.